The first-order valence-corrected chi connectivity index (χ1v) is 7.71. The summed E-state index contributed by atoms with van der Waals surface area (Å²) in [6.07, 6.45) is 1.41. The van der Waals surface area contributed by atoms with Gasteiger partial charge in [-0.3, -0.25) is 4.79 Å². The summed E-state index contributed by atoms with van der Waals surface area (Å²) < 4.78 is 0. The Kier molecular flexibility index (Phi) is 3.59. The Balaban J connectivity index is 1.97. The van der Waals surface area contributed by atoms with Gasteiger partial charge in [0.1, 0.15) is 0 Å². The van der Waals surface area contributed by atoms with E-state index in [1.807, 2.05) is 13.1 Å². The quantitative estimate of drug-likeness (QED) is 0.909. The van der Waals surface area contributed by atoms with E-state index in [0.717, 1.165) is 12.1 Å². The highest BCUT2D eigenvalue weighted by Crippen LogP contribution is 2.32. The predicted molar refractivity (Wildman–Crippen MR) is 83.4 cm³/mol. The lowest BCUT2D eigenvalue weighted by molar-refractivity contribution is -0.116. The molecule has 2 aromatic rings. The zero-order chi connectivity index (χ0) is 14.1. The van der Waals surface area contributed by atoms with Crippen molar-refractivity contribution in [2.75, 3.05) is 12.4 Å². The maximum atomic E-state index is 11.4. The summed E-state index contributed by atoms with van der Waals surface area (Å²) in [6, 6.07) is 8.72. The van der Waals surface area contributed by atoms with Crippen molar-refractivity contribution in [3.8, 4) is 0 Å². The molecule has 1 atom stereocenters. The molecular formula is C16H18N2OS. The number of benzene rings is 1. The molecular weight excluding hydrogens is 268 g/mol. The average molecular weight is 286 g/mol. The molecule has 4 heteroatoms. The first kappa shape index (κ1) is 13.3. The standard InChI is InChI=1S/C16H18N2OS/c1-10-7-8-20-16(10)15(17-2)12-3-5-13-11(9-12)4-6-14(19)18-13/h3,5,7-9,15,17H,4,6H2,1-2H3,(H,18,19). The van der Waals surface area contributed by atoms with Crippen molar-refractivity contribution in [3.05, 3.63) is 51.2 Å². The summed E-state index contributed by atoms with van der Waals surface area (Å²) in [5, 5.41) is 8.47. The van der Waals surface area contributed by atoms with Crippen LogP contribution in [0.2, 0.25) is 0 Å². The van der Waals surface area contributed by atoms with Crippen molar-refractivity contribution < 1.29 is 4.79 Å². The summed E-state index contributed by atoms with van der Waals surface area (Å²) >= 11 is 1.78. The molecule has 1 amide bonds. The van der Waals surface area contributed by atoms with Crippen LogP contribution < -0.4 is 10.6 Å². The fraction of sp³-hybridized carbons (Fsp3) is 0.312. The van der Waals surface area contributed by atoms with Crippen LogP contribution in [0, 0.1) is 6.92 Å². The molecule has 1 unspecified atom stereocenters. The van der Waals surface area contributed by atoms with Crippen LogP contribution in [0.4, 0.5) is 5.69 Å². The molecule has 1 aliphatic heterocycles. The van der Waals surface area contributed by atoms with E-state index in [0.29, 0.717) is 6.42 Å². The van der Waals surface area contributed by atoms with Crippen LogP contribution in [-0.2, 0) is 11.2 Å². The SMILES string of the molecule is CNC(c1ccc2c(c1)CCC(=O)N2)c1sccc1C. The summed E-state index contributed by atoms with van der Waals surface area (Å²) in [4.78, 5) is 12.8. The highest BCUT2D eigenvalue weighted by atomic mass is 32.1. The van der Waals surface area contributed by atoms with Gasteiger partial charge < -0.3 is 10.6 Å². The summed E-state index contributed by atoms with van der Waals surface area (Å²) in [6.45, 7) is 2.15. The van der Waals surface area contributed by atoms with E-state index in [2.05, 4.69) is 41.1 Å². The van der Waals surface area contributed by atoms with Gasteiger partial charge in [-0.25, -0.2) is 0 Å². The van der Waals surface area contributed by atoms with Crippen LogP contribution in [-0.4, -0.2) is 13.0 Å². The molecule has 0 fully saturated rings. The van der Waals surface area contributed by atoms with Crippen molar-refractivity contribution in [1.82, 2.24) is 5.32 Å². The first-order chi connectivity index (χ1) is 9.69. The lowest BCUT2D eigenvalue weighted by Crippen LogP contribution is -2.21. The minimum absolute atomic E-state index is 0.115. The Hall–Kier alpha value is -1.65. The second-order valence-electron chi connectivity index (χ2n) is 5.15. The fourth-order valence-electron chi connectivity index (χ4n) is 2.71. The molecule has 0 spiro atoms. The first-order valence-electron chi connectivity index (χ1n) is 6.83. The van der Waals surface area contributed by atoms with Crippen LogP contribution >= 0.6 is 11.3 Å². The number of thiophene rings is 1. The van der Waals surface area contributed by atoms with E-state index in [1.165, 1.54) is 21.6 Å². The molecule has 2 heterocycles. The van der Waals surface area contributed by atoms with Crippen molar-refractivity contribution in [2.24, 2.45) is 0 Å². The Morgan fingerprint density at radius 2 is 2.15 bits per heavy atom. The second-order valence-corrected chi connectivity index (χ2v) is 6.10. The number of anilines is 1. The molecule has 104 valence electrons. The molecule has 1 aliphatic rings. The Morgan fingerprint density at radius 3 is 2.85 bits per heavy atom. The van der Waals surface area contributed by atoms with Gasteiger partial charge >= 0.3 is 0 Å². The van der Waals surface area contributed by atoms with E-state index >= 15 is 0 Å². The highest BCUT2D eigenvalue weighted by molar-refractivity contribution is 7.10. The minimum Gasteiger partial charge on any atom is -0.326 e. The monoisotopic (exact) mass is 286 g/mol. The molecule has 0 radical (unpaired) electrons. The summed E-state index contributed by atoms with van der Waals surface area (Å²) in [7, 11) is 1.99. The smallest absolute Gasteiger partial charge is 0.224 e. The van der Waals surface area contributed by atoms with E-state index in [9.17, 15) is 4.79 Å². The highest BCUT2D eigenvalue weighted by Gasteiger charge is 2.19. The van der Waals surface area contributed by atoms with Gasteiger partial charge in [0.25, 0.3) is 0 Å². The third-order valence-corrected chi connectivity index (χ3v) is 4.89. The molecule has 3 rings (SSSR count). The molecule has 0 saturated heterocycles. The number of carbonyl (C=O) groups is 1. The molecule has 1 aromatic heterocycles. The average Bonchev–Trinajstić information content (AvgIpc) is 2.86. The summed E-state index contributed by atoms with van der Waals surface area (Å²) in [5.74, 6) is 0.115. The molecule has 2 N–H and O–H groups in total. The zero-order valence-corrected chi connectivity index (χ0v) is 12.5. The largest absolute Gasteiger partial charge is 0.326 e. The Morgan fingerprint density at radius 1 is 1.30 bits per heavy atom. The molecule has 3 nitrogen and oxygen atoms in total. The number of nitrogens with one attached hydrogen (secondary N) is 2. The second kappa shape index (κ2) is 5.38. The van der Waals surface area contributed by atoms with Gasteiger partial charge in [0, 0.05) is 17.0 Å². The number of rotatable bonds is 3. The normalized spacial score (nSPS) is 15.6. The maximum absolute atomic E-state index is 11.4. The van der Waals surface area contributed by atoms with Crippen molar-refractivity contribution >= 4 is 22.9 Å². The molecule has 0 aliphatic carbocycles. The van der Waals surface area contributed by atoms with E-state index < -0.39 is 0 Å². The van der Waals surface area contributed by atoms with Gasteiger partial charge in [-0.15, -0.1) is 11.3 Å². The molecule has 0 bridgehead atoms. The molecule has 20 heavy (non-hydrogen) atoms. The van der Waals surface area contributed by atoms with Gasteiger partial charge in [0.2, 0.25) is 5.91 Å². The fourth-order valence-corrected chi connectivity index (χ4v) is 3.77. The number of hydrogen-bond donors (Lipinski definition) is 2. The van der Waals surface area contributed by atoms with Gasteiger partial charge in [-0.2, -0.15) is 0 Å². The van der Waals surface area contributed by atoms with Crippen LogP contribution in [0.15, 0.2) is 29.6 Å². The van der Waals surface area contributed by atoms with Crippen LogP contribution in [0.1, 0.15) is 34.0 Å². The predicted octanol–water partition coefficient (Wildman–Crippen LogP) is 3.25. The van der Waals surface area contributed by atoms with Crippen LogP contribution in [0.5, 0.6) is 0 Å². The van der Waals surface area contributed by atoms with Gasteiger partial charge in [0.05, 0.1) is 6.04 Å². The Labute approximate surface area is 123 Å². The van der Waals surface area contributed by atoms with Crippen molar-refractivity contribution in [2.45, 2.75) is 25.8 Å². The lowest BCUT2D eigenvalue weighted by atomic mass is 9.96. The number of hydrogen-bond acceptors (Lipinski definition) is 3. The minimum atomic E-state index is 0.115. The van der Waals surface area contributed by atoms with E-state index in [4.69, 9.17) is 0 Å². The van der Waals surface area contributed by atoms with E-state index in [-0.39, 0.29) is 11.9 Å². The van der Waals surface area contributed by atoms with Gasteiger partial charge in [0.15, 0.2) is 0 Å². The number of fused-ring (bicyclic) bond motifs is 1. The Bertz CT molecular complexity index is 648. The topological polar surface area (TPSA) is 41.1 Å². The number of carbonyl (C=O) groups excluding carboxylic acids is 1. The molecule has 0 saturated carbocycles. The lowest BCUT2D eigenvalue weighted by Gasteiger charge is -2.21. The third kappa shape index (κ3) is 2.37. The van der Waals surface area contributed by atoms with Crippen molar-refractivity contribution in [1.29, 1.82) is 0 Å². The van der Waals surface area contributed by atoms with Crippen molar-refractivity contribution in [3.63, 3.8) is 0 Å². The van der Waals surface area contributed by atoms with Crippen LogP contribution in [0.3, 0.4) is 0 Å². The van der Waals surface area contributed by atoms with E-state index in [1.54, 1.807) is 11.3 Å². The van der Waals surface area contributed by atoms with Gasteiger partial charge in [-0.05, 0) is 54.6 Å². The summed E-state index contributed by atoms with van der Waals surface area (Å²) in [5.41, 5.74) is 4.77. The third-order valence-electron chi connectivity index (χ3n) is 3.81. The maximum Gasteiger partial charge on any atom is 0.224 e. The number of aryl methyl sites for hydroxylation is 2. The zero-order valence-electron chi connectivity index (χ0n) is 11.7. The number of amides is 1. The molecule has 1 aromatic carbocycles. The van der Waals surface area contributed by atoms with Gasteiger partial charge in [-0.1, -0.05) is 12.1 Å². The van der Waals surface area contributed by atoms with Crippen LogP contribution in [0.25, 0.3) is 0 Å².